The van der Waals surface area contributed by atoms with Crippen LogP contribution in [0.1, 0.15) is 33.6 Å². The van der Waals surface area contributed by atoms with E-state index in [0.717, 1.165) is 0 Å². The Morgan fingerprint density at radius 2 is 1.59 bits per heavy atom. The molecule has 0 saturated carbocycles. The highest BCUT2D eigenvalue weighted by atomic mass is 19.3. The Hall–Kier alpha value is -2.96. The molecule has 0 spiro atoms. The van der Waals surface area contributed by atoms with Gasteiger partial charge in [-0.3, -0.25) is 9.59 Å². The van der Waals surface area contributed by atoms with Crippen molar-refractivity contribution in [3.05, 3.63) is 65.7 Å². The van der Waals surface area contributed by atoms with Crippen LogP contribution < -0.4 is 10.1 Å². The van der Waals surface area contributed by atoms with Gasteiger partial charge >= 0.3 is 6.61 Å². The summed E-state index contributed by atoms with van der Waals surface area (Å²) in [6.45, 7) is -1.85. The topological polar surface area (TPSA) is 58.6 Å². The zero-order valence-electron chi connectivity index (χ0n) is 14.6. The number of hydrogen-bond donors (Lipinski definition) is 1. The van der Waals surface area contributed by atoms with E-state index in [1.54, 1.807) is 17.0 Å². The first kappa shape index (κ1) is 18.8. The average molecular weight is 374 g/mol. The third-order valence-corrected chi connectivity index (χ3v) is 4.48. The Labute approximate surface area is 155 Å². The van der Waals surface area contributed by atoms with Gasteiger partial charge in [0.2, 0.25) is 0 Å². The smallest absolute Gasteiger partial charge is 0.387 e. The first-order chi connectivity index (χ1) is 13.0. The van der Waals surface area contributed by atoms with E-state index in [4.69, 9.17) is 0 Å². The molecule has 7 heteroatoms. The maximum Gasteiger partial charge on any atom is 0.387 e. The summed E-state index contributed by atoms with van der Waals surface area (Å²) in [4.78, 5) is 26.4. The number of amides is 2. The van der Waals surface area contributed by atoms with Crippen molar-refractivity contribution in [1.82, 2.24) is 10.2 Å². The highest BCUT2D eigenvalue weighted by Gasteiger charge is 2.25. The third kappa shape index (κ3) is 5.03. The van der Waals surface area contributed by atoms with Gasteiger partial charge in [0.1, 0.15) is 5.75 Å². The second-order valence-corrected chi connectivity index (χ2v) is 6.31. The number of benzene rings is 2. The summed E-state index contributed by atoms with van der Waals surface area (Å²) in [5.41, 5.74) is 1.03. The molecular formula is C20H20F2N2O3. The van der Waals surface area contributed by atoms with Gasteiger partial charge in [-0.1, -0.05) is 18.2 Å². The van der Waals surface area contributed by atoms with Gasteiger partial charge in [0, 0.05) is 30.3 Å². The van der Waals surface area contributed by atoms with E-state index in [1.807, 2.05) is 18.2 Å². The number of ether oxygens (including phenoxy) is 1. The quantitative estimate of drug-likeness (QED) is 0.873. The molecule has 2 aromatic carbocycles. The van der Waals surface area contributed by atoms with Crippen molar-refractivity contribution in [3.8, 4) is 5.75 Å². The molecular weight excluding hydrogens is 354 g/mol. The number of nitrogens with one attached hydrogen (secondary N) is 1. The second-order valence-electron chi connectivity index (χ2n) is 6.31. The molecule has 3 rings (SSSR count). The number of hydrogen-bond acceptors (Lipinski definition) is 3. The van der Waals surface area contributed by atoms with Crippen LogP contribution in [0.5, 0.6) is 5.75 Å². The molecule has 0 atom stereocenters. The predicted octanol–water partition coefficient (Wildman–Crippen LogP) is 3.32. The predicted molar refractivity (Wildman–Crippen MR) is 95.9 cm³/mol. The minimum Gasteiger partial charge on any atom is -0.435 e. The number of likely N-dealkylation sites (tertiary alicyclic amines) is 1. The fourth-order valence-corrected chi connectivity index (χ4v) is 3.05. The van der Waals surface area contributed by atoms with Crippen molar-refractivity contribution in [1.29, 1.82) is 0 Å². The summed E-state index contributed by atoms with van der Waals surface area (Å²) in [5, 5.41) is 3.00. The molecule has 5 nitrogen and oxygen atoms in total. The summed E-state index contributed by atoms with van der Waals surface area (Å²) >= 11 is 0. The maximum atomic E-state index is 12.5. The number of carbonyl (C=O) groups excluding carboxylic acids is 2. The molecule has 142 valence electrons. The fourth-order valence-electron chi connectivity index (χ4n) is 3.05. The Kier molecular flexibility index (Phi) is 6.01. The highest BCUT2D eigenvalue weighted by Crippen LogP contribution is 2.18. The average Bonchev–Trinajstić information content (AvgIpc) is 2.69. The second kappa shape index (κ2) is 8.62. The molecule has 2 amide bonds. The van der Waals surface area contributed by atoms with Crippen LogP contribution in [-0.2, 0) is 0 Å². The van der Waals surface area contributed by atoms with Crippen molar-refractivity contribution in [2.24, 2.45) is 0 Å². The summed E-state index contributed by atoms with van der Waals surface area (Å²) in [6, 6.07) is 14.7. The standard InChI is InChI=1S/C20H20F2N2O3/c21-20(22)27-17-8-6-15(7-9-17)19(26)24-12-10-16(11-13-24)23-18(25)14-4-2-1-3-5-14/h1-9,16,20H,10-13H2,(H,23,25). The van der Waals surface area contributed by atoms with Gasteiger partial charge < -0.3 is 15.0 Å². The van der Waals surface area contributed by atoms with E-state index in [1.165, 1.54) is 24.3 Å². The summed E-state index contributed by atoms with van der Waals surface area (Å²) in [7, 11) is 0. The van der Waals surface area contributed by atoms with Gasteiger partial charge in [0.15, 0.2) is 0 Å². The van der Waals surface area contributed by atoms with Crippen LogP contribution in [0.25, 0.3) is 0 Å². The zero-order chi connectivity index (χ0) is 19.2. The Bertz CT molecular complexity index is 774. The van der Waals surface area contributed by atoms with Crippen LogP contribution in [0.15, 0.2) is 54.6 Å². The van der Waals surface area contributed by atoms with Crippen LogP contribution in [0.2, 0.25) is 0 Å². The molecule has 0 bridgehead atoms. The zero-order valence-corrected chi connectivity index (χ0v) is 14.6. The van der Waals surface area contributed by atoms with Gasteiger partial charge in [0.25, 0.3) is 11.8 Å². The first-order valence-corrected chi connectivity index (χ1v) is 8.73. The van der Waals surface area contributed by atoms with E-state index in [0.29, 0.717) is 37.1 Å². The van der Waals surface area contributed by atoms with Crippen LogP contribution in [-0.4, -0.2) is 42.5 Å². The van der Waals surface area contributed by atoms with Crippen LogP contribution in [0.3, 0.4) is 0 Å². The van der Waals surface area contributed by atoms with Crippen molar-refractivity contribution >= 4 is 11.8 Å². The summed E-state index contributed by atoms with van der Waals surface area (Å²) < 4.78 is 28.6. The molecule has 27 heavy (non-hydrogen) atoms. The lowest BCUT2D eigenvalue weighted by atomic mass is 10.0. The van der Waals surface area contributed by atoms with Gasteiger partial charge in [-0.05, 0) is 49.2 Å². The maximum absolute atomic E-state index is 12.5. The number of rotatable bonds is 5. The Balaban J connectivity index is 1.51. The van der Waals surface area contributed by atoms with Gasteiger partial charge in [-0.15, -0.1) is 0 Å². The number of alkyl halides is 2. The molecule has 0 aromatic heterocycles. The fraction of sp³-hybridized carbons (Fsp3) is 0.300. The van der Waals surface area contributed by atoms with Crippen molar-refractivity contribution in [2.75, 3.05) is 13.1 Å². The van der Waals surface area contributed by atoms with Crippen LogP contribution in [0, 0.1) is 0 Å². The van der Waals surface area contributed by atoms with E-state index in [9.17, 15) is 18.4 Å². The lowest BCUT2D eigenvalue weighted by Crippen LogP contribution is -2.46. The number of piperidine rings is 1. The number of halogens is 2. The largest absolute Gasteiger partial charge is 0.435 e. The van der Waals surface area contributed by atoms with Gasteiger partial charge in [-0.2, -0.15) is 8.78 Å². The molecule has 2 aromatic rings. The monoisotopic (exact) mass is 374 g/mol. The van der Waals surface area contributed by atoms with Crippen molar-refractivity contribution in [2.45, 2.75) is 25.5 Å². The molecule has 1 aliphatic heterocycles. The van der Waals surface area contributed by atoms with Gasteiger partial charge in [0.05, 0.1) is 0 Å². The number of nitrogens with zero attached hydrogens (tertiary/aromatic N) is 1. The molecule has 1 N–H and O–H groups in total. The molecule has 0 unspecified atom stereocenters. The SMILES string of the molecule is O=C(NC1CCN(C(=O)c2ccc(OC(F)F)cc2)CC1)c1ccccc1. The first-order valence-electron chi connectivity index (χ1n) is 8.73. The number of carbonyl (C=O) groups is 2. The van der Waals surface area contributed by atoms with E-state index in [-0.39, 0.29) is 23.6 Å². The molecule has 1 aliphatic rings. The van der Waals surface area contributed by atoms with Crippen molar-refractivity contribution < 1.29 is 23.1 Å². The Morgan fingerprint density at radius 1 is 0.963 bits per heavy atom. The molecule has 0 aliphatic carbocycles. The summed E-state index contributed by atoms with van der Waals surface area (Å²) in [6.07, 6.45) is 1.33. The lowest BCUT2D eigenvalue weighted by Gasteiger charge is -2.32. The Morgan fingerprint density at radius 3 is 2.19 bits per heavy atom. The molecule has 0 radical (unpaired) electrons. The summed E-state index contributed by atoms with van der Waals surface area (Å²) in [5.74, 6) is -0.259. The van der Waals surface area contributed by atoms with Gasteiger partial charge in [-0.25, -0.2) is 0 Å². The van der Waals surface area contributed by atoms with Crippen molar-refractivity contribution in [3.63, 3.8) is 0 Å². The minimum absolute atomic E-state index is 0.0172. The molecule has 1 heterocycles. The highest BCUT2D eigenvalue weighted by molar-refractivity contribution is 5.95. The third-order valence-electron chi connectivity index (χ3n) is 4.48. The molecule has 1 saturated heterocycles. The van der Waals surface area contributed by atoms with E-state index < -0.39 is 6.61 Å². The van der Waals surface area contributed by atoms with Crippen LogP contribution >= 0.6 is 0 Å². The molecule has 1 fully saturated rings. The normalized spacial score (nSPS) is 14.9. The lowest BCUT2D eigenvalue weighted by molar-refractivity contribution is -0.0498. The van der Waals surface area contributed by atoms with E-state index >= 15 is 0 Å². The van der Waals surface area contributed by atoms with Crippen LogP contribution in [0.4, 0.5) is 8.78 Å². The van der Waals surface area contributed by atoms with E-state index in [2.05, 4.69) is 10.1 Å². The minimum atomic E-state index is -2.89.